The summed E-state index contributed by atoms with van der Waals surface area (Å²) < 4.78 is 0. The lowest BCUT2D eigenvalue weighted by atomic mass is 10.1. The van der Waals surface area contributed by atoms with Crippen LogP contribution in [0.3, 0.4) is 0 Å². The highest BCUT2D eigenvalue weighted by molar-refractivity contribution is 5.62. The fourth-order valence-corrected chi connectivity index (χ4v) is 2.09. The molecule has 0 aliphatic rings. The maximum Gasteiger partial charge on any atom is 0.136 e. The van der Waals surface area contributed by atoms with E-state index in [0.29, 0.717) is 6.04 Å². The molecule has 0 atom stereocenters. The van der Waals surface area contributed by atoms with E-state index in [-0.39, 0.29) is 0 Å². The fraction of sp³-hybridized carbons (Fsp3) is 0.375. The van der Waals surface area contributed by atoms with Gasteiger partial charge in [0.2, 0.25) is 0 Å². The standard InChI is InChI=1S/C16H22N4/c1-5-13-8-6-7-9-14(13)20-16-10-15(17-11(2)3)18-12(4)19-16/h6-11H,5H2,1-4H3,(H2,17,18,19,20). The molecule has 0 radical (unpaired) electrons. The van der Waals surface area contributed by atoms with E-state index in [1.165, 1.54) is 5.56 Å². The fourth-order valence-electron chi connectivity index (χ4n) is 2.09. The predicted octanol–water partition coefficient (Wildman–Crippen LogP) is 3.91. The zero-order valence-electron chi connectivity index (χ0n) is 12.6. The number of rotatable bonds is 5. The van der Waals surface area contributed by atoms with Crippen LogP contribution in [-0.4, -0.2) is 16.0 Å². The van der Waals surface area contributed by atoms with Crippen molar-refractivity contribution in [2.45, 2.75) is 40.2 Å². The zero-order valence-corrected chi connectivity index (χ0v) is 12.6. The molecule has 2 rings (SSSR count). The molecule has 4 heteroatoms. The summed E-state index contributed by atoms with van der Waals surface area (Å²) in [4.78, 5) is 8.85. The van der Waals surface area contributed by atoms with Crippen LogP contribution < -0.4 is 10.6 Å². The Morgan fingerprint density at radius 2 is 1.80 bits per heavy atom. The van der Waals surface area contributed by atoms with E-state index in [1.54, 1.807) is 0 Å². The lowest BCUT2D eigenvalue weighted by Crippen LogP contribution is -2.12. The van der Waals surface area contributed by atoms with Crippen LogP contribution in [0.5, 0.6) is 0 Å². The number of hydrogen-bond acceptors (Lipinski definition) is 4. The molecule has 0 bridgehead atoms. The minimum atomic E-state index is 0.347. The molecule has 0 aliphatic heterocycles. The third-order valence-electron chi connectivity index (χ3n) is 2.94. The molecule has 4 nitrogen and oxygen atoms in total. The second kappa shape index (κ2) is 6.37. The zero-order chi connectivity index (χ0) is 14.5. The summed E-state index contributed by atoms with van der Waals surface area (Å²) in [5.41, 5.74) is 2.38. The van der Waals surface area contributed by atoms with Gasteiger partial charge in [0.05, 0.1) is 0 Å². The average molecular weight is 270 g/mol. The van der Waals surface area contributed by atoms with Gasteiger partial charge in [0.25, 0.3) is 0 Å². The topological polar surface area (TPSA) is 49.8 Å². The van der Waals surface area contributed by atoms with E-state index in [1.807, 2.05) is 19.1 Å². The van der Waals surface area contributed by atoms with E-state index in [2.05, 4.69) is 59.6 Å². The molecule has 2 aromatic rings. The number of aryl methyl sites for hydroxylation is 2. The van der Waals surface area contributed by atoms with Gasteiger partial charge in [-0.25, -0.2) is 9.97 Å². The summed E-state index contributed by atoms with van der Waals surface area (Å²) in [6.07, 6.45) is 0.990. The molecule has 0 unspecified atom stereocenters. The smallest absolute Gasteiger partial charge is 0.136 e. The van der Waals surface area contributed by atoms with Gasteiger partial charge >= 0.3 is 0 Å². The SMILES string of the molecule is CCc1ccccc1Nc1cc(NC(C)C)nc(C)n1. The maximum absolute atomic E-state index is 4.45. The van der Waals surface area contributed by atoms with Crippen LogP contribution in [-0.2, 0) is 6.42 Å². The molecule has 1 aromatic heterocycles. The summed E-state index contributed by atoms with van der Waals surface area (Å²) in [5.74, 6) is 2.43. The lowest BCUT2D eigenvalue weighted by Gasteiger charge is -2.13. The number of nitrogens with zero attached hydrogens (tertiary/aromatic N) is 2. The third kappa shape index (κ3) is 3.70. The van der Waals surface area contributed by atoms with Crippen molar-refractivity contribution in [3.63, 3.8) is 0 Å². The molecule has 0 amide bonds. The minimum absolute atomic E-state index is 0.347. The van der Waals surface area contributed by atoms with Crippen molar-refractivity contribution >= 4 is 17.3 Å². The van der Waals surface area contributed by atoms with Gasteiger partial charge in [-0.05, 0) is 38.8 Å². The molecule has 0 saturated carbocycles. The predicted molar refractivity (Wildman–Crippen MR) is 84.6 cm³/mol. The number of nitrogens with one attached hydrogen (secondary N) is 2. The third-order valence-corrected chi connectivity index (χ3v) is 2.94. The average Bonchev–Trinajstić information content (AvgIpc) is 2.37. The second-order valence-electron chi connectivity index (χ2n) is 5.12. The Labute approximate surface area is 120 Å². The first-order chi connectivity index (χ1) is 9.58. The molecule has 1 aromatic carbocycles. The van der Waals surface area contributed by atoms with Crippen LogP contribution in [0.2, 0.25) is 0 Å². The van der Waals surface area contributed by atoms with E-state index < -0.39 is 0 Å². The molecule has 0 fully saturated rings. The number of hydrogen-bond donors (Lipinski definition) is 2. The van der Waals surface area contributed by atoms with Gasteiger partial charge in [-0.1, -0.05) is 25.1 Å². The summed E-state index contributed by atoms with van der Waals surface area (Å²) in [7, 11) is 0. The molecule has 0 saturated heterocycles. The normalized spacial score (nSPS) is 10.7. The van der Waals surface area contributed by atoms with Crippen LogP contribution in [0, 0.1) is 6.92 Å². The molecule has 1 heterocycles. The van der Waals surface area contributed by atoms with Gasteiger partial charge in [0.15, 0.2) is 0 Å². The Morgan fingerprint density at radius 1 is 1.10 bits per heavy atom. The Bertz CT molecular complexity index is 578. The van der Waals surface area contributed by atoms with Gasteiger partial charge in [-0.3, -0.25) is 0 Å². The number of benzene rings is 1. The number of aromatic nitrogens is 2. The second-order valence-corrected chi connectivity index (χ2v) is 5.12. The van der Waals surface area contributed by atoms with Gasteiger partial charge in [-0.15, -0.1) is 0 Å². The van der Waals surface area contributed by atoms with Crippen molar-refractivity contribution in [3.05, 3.63) is 41.7 Å². The summed E-state index contributed by atoms with van der Waals surface area (Å²) in [6, 6.07) is 10.6. The van der Waals surface area contributed by atoms with Crippen LogP contribution in [0.1, 0.15) is 32.2 Å². The maximum atomic E-state index is 4.45. The van der Waals surface area contributed by atoms with Crippen molar-refractivity contribution in [1.82, 2.24) is 9.97 Å². The van der Waals surface area contributed by atoms with Crippen molar-refractivity contribution in [1.29, 1.82) is 0 Å². The van der Waals surface area contributed by atoms with E-state index in [9.17, 15) is 0 Å². The minimum Gasteiger partial charge on any atom is -0.368 e. The lowest BCUT2D eigenvalue weighted by molar-refractivity contribution is 0.881. The molecule has 106 valence electrons. The monoisotopic (exact) mass is 270 g/mol. The van der Waals surface area contributed by atoms with Gasteiger partial charge in [0.1, 0.15) is 17.5 Å². The highest BCUT2D eigenvalue weighted by Crippen LogP contribution is 2.21. The van der Waals surface area contributed by atoms with Crippen LogP contribution in [0.15, 0.2) is 30.3 Å². The van der Waals surface area contributed by atoms with E-state index in [4.69, 9.17) is 0 Å². The number of para-hydroxylation sites is 1. The van der Waals surface area contributed by atoms with Crippen molar-refractivity contribution in [2.75, 3.05) is 10.6 Å². The molecular formula is C16H22N4. The van der Waals surface area contributed by atoms with Crippen molar-refractivity contribution < 1.29 is 0 Å². The van der Waals surface area contributed by atoms with Gasteiger partial charge < -0.3 is 10.6 Å². The van der Waals surface area contributed by atoms with Gasteiger partial charge in [0, 0.05) is 17.8 Å². The highest BCUT2D eigenvalue weighted by atomic mass is 15.1. The van der Waals surface area contributed by atoms with Crippen molar-refractivity contribution in [2.24, 2.45) is 0 Å². The summed E-state index contributed by atoms with van der Waals surface area (Å²) in [6.45, 7) is 8.24. The first-order valence-electron chi connectivity index (χ1n) is 7.05. The highest BCUT2D eigenvalue weighted by Gasteiger charge is 2.05. The Balaban J connectivity index is 2.26. The number of anilines is 3. The summed E-state index contributed by atoms with van der Waals surface area (Å²) in [5, 5.41) is 6.70. The van der Waals surface area contributed by atoms with E-state index >= 15 is 0 Å². The van der Waals surface area contributed by atoms with E-state index in [0.717, 1.165) is 29.6 Å². The molecular weight excluding hydrogens is 248 g/mol. The Hall–Kier alpha value is -2.10. The summed E-state index contributed by atoms with van der Waals surface area (Å²) >= 11 is 0. The molecule has 0 aliphatic carbocycles. The molecule has 0 spiro atoms. The first kappa shape index (κ1) is 14.3. The Morgan fingerprint density at radius 3 is 2.50 bits per heavy atom. The van der Waals surface area contributed by atoms with Crippen LogP contribution in [0.25, 0.3) is 0 Å². The first-order valence-corrected chi connectivity index (χ1v) is 7.05. The van der Waals surface area contributed by atoms with Crippen LogP contribution in [0.4, 0.5) is 17.3 Å². The Kier molecular flexibility index (Phi) is 4.56. The van der Waals surface area contributed by atoms with Crippen LogP contribution >= 0.6 is 0 Å². The largest absolute Gasteiger partial charge is 0.368 e. The van der Waals surface area contributed by atoms with Gasteiger partial charge in [-0.2, -0.15) is 0 Å². The molecule has 2 N–H and O–H groups in total. The molecule has 20 heavy (non-hydrogen) atoms. The van der Waals surface area contributed by atoms with Crippen molar-refractivity contribution in [3.8, 4) is 0 Å². The quantitative estimate of drug-likeness (QED) is 0.864.